The fourth-order valence-electron chi connectivity index (χ4n) is 3.71. The lowest BCUT2D eigenvalue weighted by molar-refractivity contribution is -0.132. The van der Waals surface area contributed by atoms with E-state index in [1.54, 1.807) is 12.1 Å². The molecule has 0 aliphatic carbocycles. The van der Waals surface area contributed by atoms with E-state index in [9.17, 15) is 9.59 Å². The van der Waals surface area contributed by atoms with E-state index in [1.165, 1.54) is 0 Å². The van der Waals surface area contributed by atoms with Crippen molar-refractivity contribution in [3.8, 4) is 0 Å². The molecule has 0 radical (unpaired) electrons. The summed E-state index contributed by atoms with van der Waals surface area (Å²) in [6, 6.07) is 13.1. The van der Waals surface area contributed by atoms with Gasteiger partial charge in [-0.1, -0.05) is 34.1 Å². The van der Waals surface area contributed by atoms with Crippen molar-refractivity contribution < 1.29 is 9.59 Å². The van der Waals surface area contributed by atoms with Crippen LogP contribution in [0.1, 0.15) is 47.8 Å². The summed E-state index contributed by atoms with van der Waals surface area (Å²) in [7, 11) is 0. The highest BCUT2D eigenvalue weighted by atomic mass is 79.9. The second kappa shape index (κ2) is 8.22. The molecule has 144 valence electrons. The lowest BCUT2D eigenvalue weighted by Crippen LogP contribution is -2.39. The van der Waals surface area contributed by atoms with E-state index >= 15 is 0 Å². The van der Waals surface area contributed by atoms with Gasteiger partial charge in [0.25, 0.3) is 0 Å². The average Bonchev–Trinajstić information content (AvgIpc) is 3.16. The third-order valence-electron chi connectivity index (χ3n) is 5.21. The number of Topliss-reactive ketones (excluding diaryl/α,β-unsaturated/α-hetero) is 1. The summed E-state index contributed by atoms with van der Waals surface area (Å²) in [6.07, 6.45) is 4.34. The Morgan fingerprint density at radius 1 is 1.07 bits per heavy atom. The number of fused-ring (bicyclic) bond motifs is 1. The molecule has 7 heteroatoms. The standard InChI is InChI=1S/C21H21BrN4O2/c22-17-8-6-15(7-9-17)18(27)10-11-20(28)25-12-3-4-16(14-25)21-24-23-19-5-1-2-13-26(19)21/h1-2,5-9,13,16H,3-4,10-12,14H2. The maximum Gasteiger partial charge on any atom is 0.223 e. The second-order valence-corrected chi connectivity index (χ2v) is 8.01. The normalized spacial score (nSPS) is 17.0. The number of carbonyl (C=O) groups excluding carboxylic acids is 2. The monoisotopic (exact) mass is 440 g/mol. The molecule has 1 atom stereocenters. The molecule has 6 nitrogen and oxygen atoms in total. The zero-order valence-corrected chi connectivity index (χ0v) is 17.0. The largest absolute Gasteiger partial charge is 0.342 e. The summed E-state index contributed by atoms with van der Waals surface area (Å²) in [6.45, 7) is 1.36. The van der Waals surface area contributed by atoms with E-state index in [2.05, 4.69) is 26.1 Å². The predicted molar refractivity (Wildman–Crippen MR) is 109 cm³/mol. The molecule has 1 amide bonds. The number of halogens is 1. The summed E-state index contributed by atoms with van der Waals surface area (Å²) in [5.74, 6) is 1.10. The van der Waals surface area contributed by atoms with Gasteiger partial charge in [-0.15, -0.1) is 10.2 Å². The summed E-state index contributed by atoms with van der Waals surface area (Å²) >= 11 is 3.36. The van der Waals surface area contributed by atoms with Crippen LogP contribution in [-0.4, -0.2) is 44.3 Å². The van der Waals surface area contributed by atoms with E-state index in [-0.39, 0.29) is 30.4 Å². The first kappa shape index (κ1) is 18.8. The van der Waals surface area contributed by atoms with Crippen LogP contribution < -0.4 is 0 Å². The maximum atomic E-state index is 12.7. The molecule has 1 fully saturated rings. The van der Waals surface area contributed by atoms with Gasteiger partial charge in [-0.25, -0.2) is 0 Å². The van der Waals surface area contributed by atoms with E-state index in [1.807, 2.05) is 45.8 Å². The number of ketones is 1. The highest BCUT2D eigenvalue weighted by Gasteiger charge is 2.28. The first-order chi connectivity index (χ1) is 13.6. The van der Waals surface area contributed by atoms with E-state index < -0.39 is 0 Å². The van der Waals surface area contributed by atoms with Crippen LogP contribution in [0.2, 0.25) is 0 Å². The Kier molecular flexibility index (Phi) is 5.52. The molecule has 1 aromatic carbocycles. The molecule has 3 heterocycles. The third kappa shape index (κ3) is 3.99. The smallest absolute Gasteiger partial charge is 0.223 e. The van der Waals surface area contributed by atoms with Gasteiger partial charge < -0.3 is 4.90 Å². The first-order valence-corrected chi connectivity index (χ1v) is 10.3. The molecule has 0 spiro atoms. The maximum absolute atomic E-state index is 12.7. The number of rotatable bonds is 5. The number of hydrogen-bond acceptors (Lipinski definition) is 4. The van der Waals surface area contributed by atoms with Gasteiger partial charge in [0, 0.05) is 48.1 Å². The van der Waals surface area contributed by atoms with Crippen molar-refractivity contribution in [1.82, 2.24) is 19.5 Å². The van der Waals surface area contributed by atoms with Crippen molar-refractivity contribution in [2.24, 2.45) is 0 Å². The number of benzene rings is 1. The van der Waals surface area contributed by atoms with E-state index in [4.69, 9.17) is 0 Å². The fourth-order valence-corrected chi connectivity index (χ4v) is 3.98. The lowest BCUT2D eigenvalue weighted by Gasteiger charge is -2.32. The summed E-state index contributed by atoms with van der Waals surface area (Å²) in [5.41, 5.74) is 1.46. The molecule has 4 rings (SSSR count). The summed E-state index contributed by atoms with van der Waals surface area (Å²) < 4.78 is 2.93. The van der Waals surface area contributed by atoms with Crippen LogP contribution in [-0.2, 0) is 4.79 Å². The molecule has 1 aliphatic heterocycles. The SMILES string of the molecule is O=C(CCC(=O)N1CCCC(c2nnc3ccccn23)C1)c1ccc(Br)cc1. The molecule has 0 bridgehead atoms. The van der Waals surface area contributed by atoms with Gasteiger partial charge >= 0.3 is 0 Å². The number of carbonyl (C=O) groups is 2. The number of nitrogens with zero attached hydrogens (tertiary/aromatic N) is 4. The molecule has 1 saturated heterocycles. The Bertz CT molecular complexity index is 999. The minimum atomic E-state index is -0.00198. The van der Waals surface area contributed by atoms with Gasteiger partial charge in [0.1, 0.15) is 5.82 Å². The Balaban J connectivity index is 1.38. The molecule has 0 saturated carbocycles. The van der Waals surface area contributed by atoms with Gasteiger partial charge in [0.2, 0.25) is 5.91 Å². The van der Waals surface area contributed by atoms with Gasteiger partial charge in [-0.2, -0.15) is 0 Å². The van der Waals surface area contributed by atoms with Crippen LogP contribution in [0.5, 0.6) is 0 Å². The fraction of sp³-hybridized carbons (Fsp3) is 0.333. The quantitative estimate of drug-likeness (QED) is 0.564. The lowest BCUT2D eigenvalue weighted by atomic mass is 9.96. The average molecular weight is 441 g/mol. The Labute approximate surface area is 171 Å². The third-order valence-corrected chi connectivity index (χ3v) is 5.74. The number of piperidine rings is 1. The first-order valence-electron chi connectivity index (χ1n) is 9.48. The zero-order valence-electron chi connectivity index (χ0n) is 15.4. The van der Waals surface area contributed by atoms with Crippen LogP contribution in [0.25, 0.3) is 5.65 Å². The number of pyridine rings is 1. The molecule has 0 N–H and O–H groups in total. The molecule has 1 unspecified atom stereocenters. The molecule has 2 aromatic heterocycles. The number of likely N-dealkylation sites (tertiary alicyclic amines) is 1. The molecular weight excluding hydrogens is 420 g/mol. The van der Waals surface area contributed by atoms with E-state index in [0.29, 0.717) is 12.1 Å². The second-order valence-electron chi connectivity index (χ2n) is 7.10. The highest BCUT2D eigenvalue weighted by Crippen LogP contribution is 2.26. The number of hydrogen-bond donors (Lipinski definition) is 0. The topological polar surface area (TPSA) is 67.6 Å². The highest BCUT2D eigenvalue weighted by molar-refractivity contribution is 9.10. The van der Waals surface area contributed by atoms with Gasteiger partial charge in [0.05, 0.1) is 0 Å². The Morgan fingerprint density at radius 2 is 1.89 bits per heavy atom. The van der Waals surface area contributed by atoms with Crippen molar-refractivity contribution in [3.05, 3.63) is 64.5 Å². The molecule has 3 aromatic rings. The minimum absolute atomic E-state index is 0.00198. The number of amides is 1. The minimum Gasteiger partial charge on any atom is -0.342 e. The van der Waals surface area contributed by atoms with Crippen molar-refractivity contribution in [1.29, 1.82) is 0 Å². The zero-order chi connectivity index (χ0) is 19.5. The number of aromatic nitrogens is 3. The molecular formula is C21H21BrN4O2. The van der Waals surface area contributed by atoms with Crippen LogP contribution in [0.3, 0.4) is 0 Å². The van der Waals surface area contributed by atoms with Crippen molar-refractivity contribution in [2.45, 2.75) is 31.6 Å². The van der Waals surface area contributed by atoms with Crippen LogP contribution in [0.15, 0.2) is 53.1 Å². The Morgan fingerprint density at radius 3 is 2.71 bits per heavy atom. The summed E-state index contributed by atoms with van der Waals surface area (Å²) in [5, 5.41) is 8.58. The van der Waals surface area contributed by atoms with E-state index in [0.717, 1.165) is 35.3 Å². The summed E-state index contributed by atoms with van der Waals surface area (Å²) in [4.78, 5) is 26.9. The molecule has 1 aliphatic rings. The predicted octanol–water partition coefficient (Wildman–Crippen LogP) is 3.86. The van der Waals surface area contributed by atoms with Crippen LogP contribution >= 0.6 is 15.9 Å². The van der Waals surface area contributed by atoms with Crippen LogP contribution in [0.4, 0.5) is 0 Å². The van der Waals surface area contributed by atoms with Gasteiger partial charge in [0.15, 0.2) is 11.4 Å². The van der Waals surface area contributed by atoms with Crippen molar-refractivity contribution >= 4 is 33.3 Å². The van der Waals surface area contributed by atoms with Crippen molar-refractivity contribution in [3.63, 3.8) is 0 Å². The van der Waals surface area contributed by atoms with Crippen LogP contribution in [0, 0.1) is 0 Å². The van der Waals surface area contributed by atoms with Gasteiger partial charge in [-0.3, -0.25) is 14.0 Å². The Hall–Kier alpha value is -2.54. The van der Waals surface area contributed by atoms with Crippen molar-refractivity contribution in [2.75, 3.05) is 13.1 Å². The van der Waals surface area contributed by atoms with Gasteiger partial charge in [-0.05, 0) is 37.1 Å². The molecule has 28 heavy (non-hydrogen) atoms.